The average Bonchev–Trinajstić information content (AvgIpc) is 3.07. The zero-order valence-corrected chi connectivity index (χ0v) is 28.4. The van der Waals surface area contributed by atoms with Crippen molar-refractivity contribution in [3.05, 3.63) is 88.2 Å². The first-order valence-corrected chi connectivity index (χ1v) is 16.1. The molecule has 1 saturated carbocycles. The number of carboxylic acids is 1. The Morgan fingerprint density at radius 3 is 2.22 bits per heavy atom. The Labute approximate surface area is 292 Å². The van der Waals surface area contributed by atoms with Crippen molar-refractivity contribution in [3.63, 3.8) is 0 Å². The third kappa shape index (κ3) is 11.7. The molecule has 1 aliphatic rings. The molecule has 0 bridgehead atoms. The standard InChI is InChI=1S/C33H40ClFN4O4.C2HF3O2/c1-39(2)30(40)20-42-16-17-43-29-15-13-25(33(37)41)31(32(29)35)26-18-22(8-14-28(26)34)27(21-6-4-3-5-7-21)19-38-24-11-9-23(36)10-12-24;3-2(4,5)1(6)7/h3-8,13-15,18,23-24,27,38H,9-12,16-17,19-20,36H2,1-2H3,(H2,37,41);(H,6,7). The van der Waals surface area contributed by atoms with E-state index in [2.05, 4.69) is 17.4 Å². The van der Waals surface area contributed by atoms with Crippen LogP contribution in [0.3, 0.4) is 0 Å². The van der Waals surface area contributed by atoms with Gasteiger partial charge in [-0.05, 0) is 61.1 Å². The third-order valence-corrected chi connectivity index (χ3v) is 8.40. The van der Waals surface area contributed by atoms with E-state index < -0.39 is 23.9 Å². The second-order valence-corrected chi connectivity index (χ2v) is 12.3. The van der Waals surface area contributed by atoms with Crippen LogP contribution < -0.4 is 21.5 Å². The second-order valence-electron chi connectivity index (χ2n) is 11.9. The normalized spacial score (nSPS) is 16.5. The Morgan fingerprint density at radius 1 is 1.00 bits per heavy atom. The van der Waals surface area contributed by atoms with Crippen LogP contribution in [0.5, 0.6) is 5.75 Å². The zero-order valence-electron chi connectivity index (χ0n) is 27.6. The number of rotatable bonds is 13. The molecule has 3 aromatic rings. The minimum atomic E-state index is -5.08. The van der Waals surface area contributed by atoms with Gasteiger partial charge in [-0.2, -0.15) is 13.2 Å². The maximum absolute atomic E-state index is 16.1. The molecular formula is C35H41ClF4N4O6. The van der Waals surface area contributed by atoms with E-state index in [0.717, 1.165) is 36.8 Å². The fourth-order valence-electron chi connectivity index (χ4n) is 5.31. The summed E-state index contributed by atoms with van der Waals surface area (Å²) in [4.78, 5) is 34.4. The molecule has 6 N–H and O–H groups in total. The van der Waals surface area contributed by atoms with Crippen molar-refractivity contribution in [1.82, 2.24) is 10.2 Å². The Bertz CT molecular complexity index is 1600. The van der Waals surface area contributed by atoms with E-state index in [0.29, 0.717) is 18.2 Å². The highest BCUT2D eigenvalue weighted by molar-refractivity contribution is 6.33. The number of ether oxygens (including phenoxy) is 2. The van der Waals surface area contributed by atoms with Crippen LogP contribution in [0, 0.1) is 5.82 Å². The number of amides is 2. The Morgan fingerprint density at radius 2 is 1.64 bits per heavy atom. The van der Waals surface area contributed by atoms with Gasteiger partial charge in [-0.15, -0.1) is 0 Å². The van der Waals surface area contributed by atoms with Gasteiger partial charge in [-0.25, -0.2) is 9.18 Å². The predicted molar refractivity (Wildman–Crippen MR) is 181 cm³/mol. The largest absolute Gasteiger partial charge is 0.490 e. The summed E-state index contributed by atoms with van der Waals surface area (Å²) < 4.78 is 58.8. The number of carbonyl (C=O) groups excluding carboxylic acids is 2. The van der Waals surface area contributed by atoms with Gasteiger partial charge in [0.2, 0.25) is 11.8 Å². The van der Waals surface area contributed by atoms with E-state index in [1.54, 1.807) is 20.2 Å². The topological polar surface area (TPSA) is 157 Å². The molecule has 0 aromatic heterocycles. The van der Waals surface area contributed by atoms with Gasteiger partial charge in [-0.1, -0.05) is 48.0 Å². The molecule has 2 amide bonds. The molecular weight excluding hydrogens is 684 g/mol. The van der Waals surface area contributed by atoms with Gasteiger partial charge in [0.1, 0.15) is 13.2 Å². The lowest BCUT2D eigenvalue weighted by atomic mass is 9.87. The van der Waals surface area contributed by atoms with Gasteiger partial charge in [0.05, 0.1) is 12.2 Å². The van der Waals surface area contributed by atoms with Crippen molar-refractivity contribution >= 4 is 29.4 Å². The van der Waals surface area contributed by atoms with Crippen LogP contribution in [0.2, 0.25) is 5.02 Å². The van der Waals surface area contributed by atoms with Gasteiger partial charge < -0.3 is 36.3 Å². The number of aliphatic carboxylic acids is 1. The lowest BCUT2D eigenvalue weighted by Crippen LogP contribution is -2.39. The first-order chi connectivity index (χ1) is 23.6. The second kappa shape index (κ2) is 18.7. The van der Waals surface area contributed by atoms with Gasteiger partial charge in [0.25, 0.3) is 0 Å². The van der Waals surface area contributed by atoms with Gasteiger partial charge >= 0.3 is 12.1 Å². The lowest BCUT2D eigenvalue weighted by Gasteiger charge is -2.29. The predicted octanol–water partition coefficient (Wildman–Crippen LogP) is 5.35. The van der Waals surface area contributed by atoms with Crippen LogP contribution >= 0.6 is 11.6 Å². The third-order valence-electron chi connectivity index (χ3n) is 8.07. The van der Waals surface area contributed by atoms with E-state index in [-0.39, 0.29) is 59.6 Å². The Hall–Kier alpha value is -4.24. The molecule has 1 fully saturated rings. The van der Waals surface area contributed by atoms with Crippen molar-refractivity contribution in [2.24, 2.45) is 11.5 Å². The summed E-state index contributed by atoms with van der Waals surface area (Å²) in [6.45, 7) is 0.615. The number of likely N-dealkylation sites (N-methyl/N-ethyl adjacent to an activating group) is 1. The van der Waals surface area contributed by atoms with Crippen LogP contribution in [0.1, 0.15) is 53.1 Å². The molecule has 15 heteroatoms. The number of nitrogens with two attached hydrogens (primary N) is 2. The van der Waals surface area contributed by atoms with E-state index in [9.17, 15) is 22.8 Å². The summed E-state index contributed by atoms with van der Waals surface area (Å²) in [7, 11) is 3.26. The zero-order chi connectivity index (χ0) is 37.0. The summed E-state index contributed by atoms with van der Waals surface area (Å²) in [5.41, 5.74) is 14.1. The fraction of sp³-hybridized carbons (Fsp3) is 0.400. The van der Waals surface area contributed by atoms with E-state index in [1.807, 2.05) is 30.3 Å². The minimum absolute atomic E-state index is 0.00538. The molecule has 10 nitrogen and oxygen atoms in total. The first kappa shape index (κ1) is 40.2. The van der Waals surface area contributed by atoms with Crippen molar-refractivity contribution in [1.29, 1.82) is 0 Å². The maximum Gasteiger partial charge on any atom is 0.490 e. The molecule has 0 saturated heterocycles. The smallest absolute Gasteiger partial charge is 0.488 e. The summed E-state index contributed by atoms with van der Waals surface area (Å²) >= 11 is 6.65. The molecule has 0 radical (unpaired) electrons. The van der Waals surface area contributed by atoms with Gasteiger partial charge in [-0.3, -0.25) is 9.59 Å². The SMILES string of the molecule is CN(C)C(=O)COCCOc1ccc(C(N)=O)c(-c2cc(C(CNC3CCC(N)CC3)c3ccccc3)ccc2Cl)c1F.O=C(O)C(F)(F)F. The molecule has 3 aromatic carbocycles. The van der Waals surface area contributed by atoms with Crippen molar-refractivity contribution in [2.45, 2.75) is 49.9 Å². The minimum Gasteiger partial charge on any atom is -0.488 e. The highest BCUT2D eigenvalue weighted by Gasteiger charge is 2.38. The molecule has 4 rings (SSSR count). The molecule has 272 valence electrons. The fourth-order valence-corrected chi connectivity index (χ4v) is 5.52. The summed E-state index contributed by atoms with van der Waals surface area (Å²) in [6, 6.07) is 19.0. The van der Waals surface area contributed by atoms with E-state index in [1.165, 1.54) is 17.0 Å². The molecule has 1 atom stereocenters. The Kier molecular flexibility index (Phi) is 15.0. The maximum atomic E-state index is 16.1. The van der Waals surface area contributed by atoms with E-state index in [4.69, 9.17) is 42.4 Å². The lowest BCUT2D eigenvalue weighted by molar-refractivity contribution is -0.192. The van der Waals surface area contributed by atoms with Crippen LogP contribution in [0.15, 0.2) is 60.7 Å². The number of carboxylic acid groups (broad SMARTS) is 1. The monoisotopic (exact) mass is 724 g/mol. The van der Waals surface area contributed by atoms with Gasteiger partial charge in [0, 0.05) is 54.8 Å². The number of hydrogen-bond acceptors (Lipinski definition) is 7. The van der Waals surface area contributed by atoms with Crippen molar-refractivity contribution in [3.8, 4) is 16.9 Å². The van der Waals surface area contributed by atoms with Crippen LogP contribution in [-0.2, 0) is 14.3 Å². The number of benzene rings is 3. The number of carbonyl (C=O) groups is 3. The molecule has 1 unspecified atom stereocenters. The summed E-state index contributed by atoms with van der Waals surface area (Å²) in [6.07, 6.45) is -1.06. The number of primary amides is 1. The average molecular weight is 725 g/mol. The molecule has 0 aliphatic heterocycles. The number of hydrogen-bond donors (Lipinski definition) is 4. The van der Waals surface area contributed by atoms with E-state index >= 15 is 4.39 Å². The molecule has 1 aliphatic carbocycles. The number of halogens is 5. The molecule has 0 spiro atoms. The number of alkyl halides is 3. The van der Waals surface area contributed by atoms with Gasteiger partial charge in [0.15, 0.2) is 11.6 Å². The highest BCUT2D eigenvalue weighted by Crippen LogP contribution is 2.39. The Balaban J connectivity index is 0.000000872. The quantitative estimate of drug-likeness (QED) is 0.136. The highest BCUT2D eigenvalue weighted by atomic mass is 35.5. The van der Waals surface area contributed by atoms with Crippen LogP contribution in [0.4, 0.5) is 17.6 Å². The first-order valence-electron chi connectivity index (χ1n) is 15.8. The van der Waals surface area contributed by atoms with Crippen LogP contribution in [0.25, 0.3) is 11.1 Å². The summed E-state index contributed by atoms with van der Waals surface area (Å²) in [5, 5.41) is 11.1. The number of nitrogens with zero attached hydrogens (tertiary/aromatic N) is 1. The molecule has 50 heavy (non-hydrogen) atoms. The van der Waals surface area contributed by atoms with Crippen LogP contribution in [-0.4, -0.2) is 86.5 Å². The van der Waals surface area contributed by atoms with Crippen molar-refractivity contribution in [2.75, 3.05) is 40.5 Å². The molecule has 0 heterocycles. The summed E-state index contributed by atoms with van der Waals surface area (Å²) in [5.74, 6) is -4.64. The van der Waals surface area contributed by atoms with Crippen molar-refractivity contribution < 1.29 is 46.5 Å². The number of nitrogens with one attached hydrogen (secondary N) is 1.